The van der Waals surface area contributed by atoms with Crippen LogP contribution in [0.15, 0.2) is 36.9 Å². The third-order valence-electron chi connectivity index (χ3n) is 3.23. The minimum absolute atomic E-state index is 0.0206. The van der Waals surface area contributed by atoms with Crippen LogP contribution in [0.5, 0.6) is 11.5 Å². The zero-order valence-corrected chi connectivity index (χ0v) is 11.9. The fourth-order valence-electron chi connectivity index (χ4n) is 2.19. The highest BCUT2D eigenvalue weighted by molar-refractivity contribution is 5.88. The third kappa shape index (κ3) is 2.12. The lowest BCUT2D eigenvalue weighted by Gasteiger charge is -2.10. The fourth-order valence-corrected chi connectivity index (χ4v) is 2.19. The van der Waals surface area contributed by atoms with Crippen molar-refractivity contribution >= 4 is 10.9 Å². The topological polar surface area (TPSA) is 117 Å². The van der Waals surface area contributed by atoms with Crippen LogP contribution in [0.3, 0.4) is 0 Å². The number of hydrogen-bond acceptors (Lipinski definition) is 8. The van der Waals surface area contributed by atoms with Crippen LogP contribution in [0.4, 0.5) is 0 Å². The SMILES string of the molecule is COc1cc2c(-n3ccnn3)nc(-n3ccnn3)nc2cc1O. The van der Waals surface area contributed by atoms with Gasteiger partial charge in [-0.15, -0.1) is 10.2 Å². The number of benzene rings is 1. The minimum atomic E-state index is -0.0206. The van der Waals surface area contributed by atoms with Gasteiger partial charge in [-0.05, 0) is 6.07 Å². The van der Waals surface area contributed by atoms with Crippen molar-refractivity contribution in [2.75, 3.05) is 7.11 Å². The summed E-state index contributed by atoms with van der Waals surface area (Å²) in [5, 5.41) is 26.0. The van der Waals surface area contributed by atoms with Gasteiger partial charge < -0.3 is 9.84 Å². The molecule has 1 aromatic carbocycles. The molecule has 1 N–H and O–H groups in total. The van der Waals surface area contributed by atoms with Gasteiger partial charge in [0.15, 0.2) is 17.3 Å². The van der Waals surface area contributed by atoms with E-state index in [2.05, 4.69) is 30.6 Å². The van der Waals surface area contributed by atoms with Crippen molar-refractivity contribution in [3.05, 3.63) is 36.9 Å². The normalized spacial score (nSPS) is 11.0. The lowest BCUT2D eigenvalue weighted by atomic mass is 10.2. The van der Waals surface area contributed by atoms with Crippen molar-refractivity contribution < 1.29 is 9.84 Å². The van der Waals surface area contributed by atoms with E-state index in [4.69, 9.17) is 4.74 Å². The zero-order chi connectivity index (χ0) is 15.8. The van der Waals surface area contributed by atoms with Gasteiger partial charge in [0, 0.05) is 11.5 Å². The molecule has 4 aromatic rings. The van der Waals surface area contributed by atoms with E-state index in [0.717, 1.165) is 0 Å². The molecule has 4 rings (SSSR count). The van der Waals surface area contributed by atoms with Gasteiger partial charge >= 0.3 is 0 Å². The highest BCUT2D eigenvalue weighted by Crippen LogP contribution is 2.32. The van der Waals surface area contributed by atoms with Crippen molar-refractivity contribution in [1.29, 1.82) is 0 Å². The fraction of sp³-hybridized carbons (Fsp3) is 0.0769. The van der Waals surface area contributed by atoms with E-state index in [9.17, 15) is 5.11 Å². The van der Waals surface area contributed by atoms with Crippen LogP contribution in [-0.2, 0) is 0 Å². The summed E-state index contributed by atoms with van der Waals surface area (Å²) in [5.41, 5.74) is 0.509. The molecule has 10 nitrogen and oxygen atoms in total. The predicted molar refractivity (Wildman–Crippen MR) is 77.6 cm³/mol. The van der Waals surface area contributed by atoms with Gasteiger partial charge in [-0.2, -0.15) is 9.67 Å². The Hall–Kier alpha value is -3.56. The van der Waals surface area contributed by atoms with Gasteiger partial charge in [0.2, 0.25) is 0 Å². The van der Waals surface area contributed by atoms with Crippen molar-refractivity contribution in [3.63, 3.8) is 0 Å². The van der Waals surface area contributed by atoms with E-state index < -0.39 is 0 Å². The Morgan fingerprint density at radius 3 is 2.39 bits per heavy atom. The smallest absolute Gasteiger partial charge is 0.254 e. The van der Waals surface area contributed by atoms with Crippen molar-refractivity contribution in [1.82, 2.24) is 40.0 Å². The zero-order valence-electron chi connectivity index (χ0n) is 11.9. The summed E-state index contributed by atoms with van der Waals surface area (Å²) < 4.78 is 8.07. The number of hydrogen-bond donors (Lipinski definition) is 1. The van der Waals surface area contributed by atoms with Gasteiger partial charge in [-0.25, -0.2) is 9.67 Å². The number of phenolic OH excluding ortho intramolecular Hbond substituents is 1. The lowest BCUT2D eigenvalue weighted by molar-refractivity contribution is 0.374. The van der Waals surface area contributed by atoms with Crippen LogP contribution < -0.4 is 4.74 Å². The van der Waals surface area contributed by atoms with Crippen molar-refractivity contribution in [3.8, 4) is 23.3 Å². The number of nitrogens with zero attached hydrogens (tertiary/aromatic N) is 8. The summed E-state index contributed by atoms with van der Waals surface area (Å²) in [6, 6.07) is 3.14. The molecule has 3 aromatic heterocycles. The lowest BCUT2D eigenvalue weighted by Crippen LogP contribution is -2.08. The molecule has 0 aliphatic rings. The quantitative estimate of drug-likeness (QED) is 0.581. The summed E-state index contributed by atoms with van der Waals surface area (Å²) >= 11 is 0. The standard InChI is InChI=1S/C13H10N8O2/c1-23-11-6-8-9(7-10(11)22)16-13(21-5-3-15-19-21)17-12(8)20-4-2-14-18-20/h2-7,22H,1H3. The Morgan fingerprint density at radius 2 is 1.74 bits per heavy atom. The molecule has 114 valence electrons. The van der Waals surface area contributed by atoms with Gasteiger partial charge in [0.25, 0.3) is 5.95 Å². The summed E-state index contributed by atoms with van der Waals surface area (Å²) in [7, 11) is 1.47. The van der Waals surface area contributed by atoms with Crippen molar-refractivity contribution in [2.45, 2.75) is 0 Å². The van der Waals surface area contributed by atoms with E-state index in [1.807, 2.05) is 0 Å². The number of ether oxygens (including phenoxy) is 1. The molecule has 3 heterocycles. The first-order chi connectivity index (χ1) is 11.3. The Kier molecular flexibility index (Phi) is 2.86. The highest BCUT2D eigenvalue weighted by atomic mass is 16.5. The molecular weight excluding hydrogens is 300 g/mol. The molecule has 0 atom stereocenters. The molecule has 0 aliphatic carbocycles. The molecule has 0 aliphatic heterocycles. The maximum absolute atomic E-state index is 10.00. The largest absolute Gasteiger partial charge is 0.504 e. The molecule has 0 fully saturated rings. The van der Waals surface area contributed by atoms with Crippen LogP contribution in [-0.4, -0.2) is 52.2 Å². The van der Waals surface area contributed by atoms with Gasteiger partial charge in [-0.3, -0.25) is 0 Å². The van der Waals surface area contributed by atoms with Gasteiger partial charge in [0.05, 0.1) is 37.4 Å². The van der Waals surface area contributed by atoms with Crippen LogP contribution in [0.1, 0.15) is 0 Å². The molecule has 0 unspecified atom stereocenters. The molecule has 0 radical (unpaired) electrons. The number of rotatable bonds is 3. The van der Waals surface area contributed by atoms with Crippen LogP contribution in [0.2, 0.25) is 0 Å². The minimum Gasteiger partial charge on any atom is -0.504 e. The third-order valence-corrected chi connectivity index (χ3v) is 3.23. The molecule has 0 saturated heterocycles. The number of fused-ring (bicyclic) bond motifs is 1. The average Bonchev–Trinajstić information content (AvgIpc) is 3.26. The second-order valence-corrected chi connectivity index (χ2v) is 4.58. The first-order valence-corrected chi connectivity index (χ1v) is 6.58. The molecule has 0 amide bonds. The molecule has 23 heavy (non-hydrogen) atoms. The first kappa shape index (κ1) is 13.1. The Bertz CT molecular complexity index is 965. The summed E-state index contributed by atoms with van der Waals surface area (Å²) in [5.74, 6) is 1.07. The van der Waals surface area contributed by atoms with E-state index >= 15 is 0 Å². The summed E-state index contributed by atoms with van der Waals surface area (Å²) in [6.45, 7) is 0. The van der Waals surface area contributed by atoms with E-state index in [1.54, 1.807) is 24.7 Å². The monoisotopic (exact) mass is 310 g/mol. The second-order valence-electron chi connectivity index (χ2n) is 4.58. The Labute approximate surface area is 129 Å². The molecule has 0 saturated carbocycles. The summed E-state index contributed by atoms with van der Waals surface area (Å²) in [6.07, 6.45) is 6.34. The van der Waals surface area contributed by atoms with Gasteiger partial charge in [0.1, 0.15) is 0 Å². The highest BCUT2D eigenvalue weighted by Gasteiger charge is 2.15. The van der Waals surface area contributed by atoms with E-state index in [-0.39, 0.29) is 5.75 Å². The van der Waals surface area contributed by atoms with E-state index in [1.165, 1.54) is 28.7 Å². The van der Waals surface area contributed by atoms with Crippen LogP contribution in [0, 0.1) is 0 Å². The van der Waals surface area contributed by atoms with Gasteiger partial charge in [-0.1, -0.05) is 10.4 Å². The average molecular weight is 310 g/mol. The molecule has 10 heteroatoms. The van der Waals surface area contributed by atoms with Crippen LogP contribution in [0.25, 0.3) is 22.7 Å². The number of methoxy groups -OCH3 is 1. The summed E-state index contributed by atoms with van der Waals surface area (Å²) in [4.78, 5) is 8.86. The van der Waals surface area contributed by atoms with Crippen LogP contribution >= 0.6 is 0 Å². The maximum atomic E-state index is 10.00. The first-order valence-electron chi connectivity index (χ1n) is 6.58. The number of phenols is 1. The molecular formula is C13H10N8O2. The molecule has 0 spiro atoms. The maximum Gasteiger partial charge on any atom is 0.254 e. The van der Waals surface area contributed by atoms with Crippen molar-refractivity contribution in [2.24, 2.45) is 0 Å². The predicted octanol–water partition coefficient (Wildman–Crippen LogP) is 0.505. The molecule has 0 bridgehead atoms. The second kappa shape index (κ2) is 5.02. The Morgan fingerprint density at radius 1 is 1.00 bits per heavy atom. The van der Waals surface area contributed by atoms with E-state index in [0.29, 0.717) is 28.4 Å². The number of aromatic hydroxyl groups is 1. The number of aromatic nitrogens is 8. The Balaban J connectivity index is 2.06.